The molecule has 9 aromatic carbocycles. The Kier molecular flexibility index (Phi) is 9.14. The summed E-state index contributed by atoms with van der Waals surface area (Å²) in [4.78, 5) is 10.9. The standard InChI is InChI=1S/C61H40N4/c62-40-41-31-36-53-54(37-41)49-25-10-11-28-52(49)59(53)44-18-16-17-43(38-44)55-39-58(65-56-29-14-12-26-50(56)51-27-13-15-30-57(51)65)64-60(63-55)42-32-34-48(35-33-42)61(45-19-4-1-5-20-45,46-21-6-2-7-22-46)47-23-8-3-9-24-47/h1-39,59H. The first-order chi connectivity index (χ1) is 32.2. The maximum Gasteiger partial charge on any atom is 0.162 e. The summed E-state index contributed by atoms with van der Waals surface area (Å²) < 4.78 is 2.28. The molecule has 0 saturated carbocycles. The maximum atomic E-state index is 9.80. The maximum absolute atomic E-state index is 9.80. The zero-order valence-corrected chi connectivity index (χ0v) is 35.4. The Morgan fingerprint density at radius 3 is 1.62 bits per heavy atom. The van der Waals surface area contributed by atoms with Gasteiger partial charge in [-0.25, -0.2) is 9.97 Å². The molecule has 12 rings (SSSR count). The topological polar surface area (TPSA) is 54.5 Å². The number of hydrogen-bond acceptors (Lipinski definition) is 3. The lowest BCUT2D eigenvalue weighted by Gasteiger charge is -2.37. The predicted molar refractivity (Wildman–Crippen MR) is 263 cm³/mol. The predicted octanol–water partition coefficient (Wildman–Crippen LogP) is 14.3. The molecule has 0 radical (unpaired) electrons. The van der Waals surface area contributed by atoms with E-state index in [0.717, 1.165) is 44.8 Å². The Balaban J connectivity index is 1.05. The van der Waals surface area contributed by atoms with Crippen molar-refractivity contribution in [2.24, 2.45) is 0 Å². The molecule has 4 heteroatoms. The van der Waals surface area contributed by atoms with Gasteiger partial charge in [-0.05, 0) is 80.4 Å². The minimum atomic E-state index is -0.576. The monoisotopic (exact) mass is 828 g/mol. The Morgan fingerprint density at radius 1 is 0.431 bits per heavy atom. The van der Waals surface area contributed by atoms with Gasteiger partial charge in [0.1, 0.15) is 5.82 Å². The number of fused-ring (bicyclic) bond motifs is 6. The van der Waals surface area contributed by atoms with E-state index in [9.17, 15) is 5.26 Å². The van der Waals surface area contributed by atoms with Crippen LogP contribution in [-0.4, -0.2) is 14.5 Å². The van der Waals surface area contributed by atoms with Gasteiger partial charge in [-0.3, -0.25) is 4.57 Å². The first kappa shape index (κ1) is 38.1. The fourth-order valence-electron chi connectivity index (χ4n) is 10.4. The normalized spacial score (nSPS) is 13.1. The number of hydrogen-bond donors (Lipinski definition) is 0. The second-order valence-corrected chi connectivity index (χ2v) is 16.8. The molecular formula is C61H40N4. The van der Waals surface area contributed by atoms with E-state index in [4.69, 9.17) is 9.97 Å². The van der Waals surface area contributed by atoms with E-state index in [2.05, 4.69) is 235 Å². The van der Waals surface area contributed by atoms with Crippen LogP contribution < -0.4 is 0 Å². The molecule has 0 fully saturated rings. The van der Waals surface area contributed by atoms with Gasteiger partial charge in [-0.1, -0.05) is 200 Å². The average molecular weight is 829 g/mol. The van der Waals surface area contributed by atoms with E-state index in [-0.39, 0.29) is 5.92 Å². The van der Waals surface area contributed by atoms with E-state index < -0.39 is 5.41 Å². The molecule has 304 valence electrons. The van der Waals surface area contributed by atoms with Crippen molar-refractivity contribution in [3.63, 3.8) is 0 Å². The third-order valence-electron chi connectivity index (χ3n) is 13.3. The minimum Gasteiger partial charge on any atom is -0.294 e. The van der Waals surface area contributed by atoms with E-state index in [1.807, 2.05) is 12.1 Å². The number of nitrogens with zero attached hydrogens (tertiary/aromatic N) is 4. The zero-order chi connectivity index (χ0) is 43.3. The fourth-order valence-corrected chi connectivity index (χ4v) is 10.4. The van der Waals surface area contributed by atoms with Gasteiger partial charge in [0, 0.05) is 33.9 Å². The lowest BCUT2D eigenvalue weighted by atomic mass is 9.65. The molecule has 2 heterocycles. The van der Waals surface area contributed by atoms with Crippen LogP contribution in [-0.2, 0) is 5.41 Å². The fraction of sp³-hybridized carbons (Fsp3) is 0.0328. The summed E-state index contributed by atoms with van der Waals surface area (Å²) in [6.45, 7) is 0. The van der Waals surface area contributed by atoms with Crippen LogP contribution in [0.3, 0.4) is 0 Å². The van der Waals surface area contributed by atoms with Crippen LogP contribution in [0.2, 0.25) is 0 Å². The molecule has 1 atom stereocenters. The molecule has 0 aliphatic heterocycles. The molecule has 4 nitrogen and oxygen atoms in total. The molecule has 1 unspecified atom stereocenters. The summed E-state index contributed by atoms with van der Waals surface area (Å²) in [6.07, 6.45) is 0. The van der Waals surface area contributed by atoms with Crippen molar-refractivity contribution >= 4 is 21.8 Å². The smallest absolute Gasteiger partial charge is 0.162 e. The van der Waals surface area contributed by atoms with Gasteiger partial charge in [0.25, 0.3) is 0 Å². The minimum absolute atomic E-state index is 0.0126. The molecule has 0 amide bonds. The van der Waals surface area contributed by atoms with Gasteiger partial charge >= 0.3 is 0 Å². The third kappa shape index (κ3) is 6.20. The van der Waals surface area contributed by atoms with Crippen molar-refractivity contribution in [3.05, 3.63) is 281 Å². The lowest BCUT2D eigenvalue weighted by Crippen LogP contribution is -2.30. The summed E-state index contributed by atoms with van der Waals surface area (Å²) in [5.74, 6) is 1.45. The molecule has 0 bridgehead atoms. The van der Waals surface area contributed by atoms with Crippen molar-refractivity contribution in [2.45, 2.75) is 11.3 Å². The Bertz CT molecular complexity index is 3450. The van der Waals surface area contributed by atoms with Gasteiger partial charge in [0.2, 0.25) is 0 Å². The molecule has 2 aromatic heterocycles. The van der Waals surface area contributed by atoms with Crippen molar-refractivity contribution in [1.82, 2.24) is 14.5 Å². The highest BCUT2D eigenvalue weighted by Crippen LogP contribution is 2.49. The molecule has 0 N–H and O–H groups in total. The second kappa shape index (κ2) is 15.6. The van der Waals surface area contributed by atoms with Gasteiger partial charge in [0.15, 0.2) is 5.82 Å². The lowest BCUT2D eigenvalue weighted by molar-refractivity contribution is 0.745. The number of aromatic nitrogens is 3. The van der Waals surface area contributed by atoms with Gasteiger partial charge in [0.05, 0.1) is 33.8 Å². The first-order valence-electron chi connectivity index (χ1n) is 22.1. The summed E-state index contributed by atoms with van der Waals surface area (Å²) >= 11 is 0. The van der Waals surface area contributed by atoms with Crippen LogP contribution in [0.25, 0.3) is 61.4 Å². The van der Waals surface area contributed by atoms with Crippen LogP contribution in [0.4, 0.5) is 0 Å². The van der Waals surface area contributed by atoms with E-state index in [1.165, 1.54) is 49.7 Å². The molecule has 0 spiro atoms. The molecule has 1 aliphatic rings. The van der Waals surface area contributed by atoms with Crippen LogP contribution in [0.15, 0.2) is 237 Å². The Hall–Kier alpha value is -8.65. The van der Waals surface area contributed by atoms with Gasteiger partial charge < -0.3 is 0 Å². The highest BCUT2D eigenvalue weighted by atomic mass is 15.1. The molecule has 1 aliphatic carbocycles. The van der Waals surface area contributed by atoms with Crippen LogP contribution in [0.5, 0.6) is 0 Å². The van der Waals surface area contributed by atoms with Gasteiger partial charge in [-0.15, -0.1) is 0 Å². The molecule has 0 saturated heterocycles. The van der Waals surface area contributed by atoms with Gasteiger partial charge in [-0.2, -0.15) is 5.26 Å². The van der Waals surface area contributed by atoms with E-state index >= 15 is 0 Å². The quantitative estimate of drug-likeness (QED) is 0.143. The highest BCUT2D eigenvalue weighted by Gasteiger charge is 2.38. The molecule has 65 heavy (non-hydrogen) atoms. The van der Waals surface area contributed by atoms with Crippen molar-refractivity contribution < 1.29 is 0 Å². The van der Waals surface area contributed by atoms with E-state index in [0.29, 0.717) is 11.4 Å². The van der Waals surface area contributed by atoms with Crippen LogP contribution in [0.1, 0.15) is 50.4 Å². The Morgan fingerprint density at radius 2 is 0.985 bits per heavy atom. The van der Waals surface area contributed by atoms with Crippen molar-refractivity contribution in [2.75, 3.05) is 0 Å². The van der Waals surface area contributed by atoms with Crippen molar-refractivity contribution in [3.8, 4) is 45.7 Å². The summed E-state index contributed by atoms with van der Waals surface area (Å²) in [5, 5.41) is 12.2. The number of benzene rings is 9. The summed E-state index contributed by atoms with van der Waals surface area (Å²) in [6, 6.07) is 86.4. The largest absolute Gasteiger partial charge is 0.294 e. The Labute approximate surface area is 378 Å². The van der Waals surface area contributed by atoms with Crippen molar-refractivity contribution in [1.29, 1.82) is 5.26 Å². The van der Waals surface area contributed by atoms with Crippen LogP contribution >= 0.6 is 0 Å². The SMILES string of the molecule is N#Cc1ccc2c(c1)-c1ccccc1C2c1cccc(-c2cc(-n3c4ccccc4c4ccccc43)nc(-c3ccc(C(c4ccccc4)(c4ccccc4)c4ccccc4)cc3)n2)c1. The average Bonchev–Trinajstić information content (AvgIpc) is 3.90. The zero-order valence-electron chi connectivity index (χ0n) is 35.4. The summed E-state index contributed by atoms with van der Waals surface area (Å²) in [7, 11) is 0. The summed E-state index contributed by atoms with van der Waals surface area (Å²) in [5.41, 5.74) is 15.6. The number of rotatable bonds is 8. The molecular weight excluding hydrogens is 789 g/mol. The first-order valence-corrected chi connectivity index (χ1v) is 22.1. The highest BCUT2D eigenvalue weighted by molar-refractivity contribution is 6.09. The second-order valence-electron chi connectivity index (χ2n) is 16.8. The molecule has 11 aromatic rings. The van der Waals surface area contributed by atoms with E-state index in [1.54, 1.807) is 0 Å². The third-order valence-corrected chi connectivity index (χ3v) is 13.3. The number of nitriles is 1. The van der Waals surface area contributed by atoms with Crippen LogP contribution in [0, 0.1) is 11.3 Å². The number of para-hydroxylation sites is 2.